The molecule has 2 amide bonds. The molecule has 4 nitrogen and oxygen atoms in total. The summed E-state index contributed by atoms with van der Waals surface area (Å²) in [7, 11) is 0. The van der Waals surface area contributed by atoms with E-state index in [1.165, 1.54) is 12.1 Å². The summed E-state index contributed by atoms with van der Waals surface area (Å²) in [4.78, 5) is 27.7. The van der Waals surface area contributed by atoms with E-state index < -0.39 is 6.04 Å². The van der Waals surface area contributed by atoms with E-state index in [2.05, 4.69) is 5.32 Å². The van der Waals surface area contributed by atoms with E-state index in [1.807, 2.05) is 39.0 Å². The van der Waals surface area contributed by atoms with E-state index in [9.17, 15) is 14.0 Å². The maximum absolute atomic E-state index is 13.3. The molecule has 0 aromatic heterocycles. The van der Waals surface area contributed by atoms with Gasteiger partial charge in [0, 0.05) is 24.0 Å². The molecule has 0 spiro atoms. The first-order valence-corrected chi connectivity index (χ1v) is 10.8. The van der Waals surface area contributed by atoms with Gasteiger partial charge in [-0.15, -0.1) is 0 Å². The van der Waals surface area contributed by atoms with Crippen molar-refractivity contribution in [1.82, 2.24) is 10.2 Å². The molecule has 0 unspecified atom stereocenters. The molecule has 0 bridgehead atoms. The molecule has 0 saturated heterocycles. The topological polar surface area (TPSA) is 49.4 Å². The predicted molar refractivity (Wildman–Crippen MR) is 119 cm³/mol. The lowest BCUT2D eigenvalue weighted by atomic mass is 10.1. The second kappa shape index (κ2) is 11.7. The maximum atomic E-state index is 13.3. The summed E-state index contributed by atoms with van der Waals surface area (Å²) in [6.07, 6.45) is 2.02. The second-order valence-corrected chi connectivity index (χ2v) is 7.89. The molecule has 2 aromatic carbocycles. The van der Waals surface area contributed by atoms with Gasteiger partial charge < -0.3 is 10.2 Å². The number of carbonyl (C=O) groups excluding carboxylic acids is 2. The number of nitrogens with zero attached hydrogens (tertiary/aromatic N) is 1. The van der Waals surface area contributed by atoms with Crippen molar-refractivity contribution in [2.24, 2.45) is 0 Å². The highest BCUT2D eigenvalue weighted by Crippen LogP contribution is 2.19. The van der Waals surface area contributed by atoms with Crippen LogP contribution in [0.3, 0.4) is 0 Å². The van der Waals surface area contributed by atoms with E-state index >= 15 is 0 Å². The van der Waals surface area contributed by atoms with Crippen molar-refractivity contribution in [1.29, 1.82) is 0 Å². The van der Waals surface area contributed by atoms with Crippen molar-refractivity contribution in [3.63, 3.8) is 0 Å². The Kier molecular flexibility index (Phi) is 9.31. The molecule has 0 fully saturated rings. The fraction of sp³-hybridized carbons (Fsp3) is 0.417. The standard InChI is InChI=1S/C24H30ClFN2O2/c1-4-17(3)27-24(30)22(5-2)28(16-18-10-13-20(26)14-11-18)23(29)15-12-19-8-6-7-9-21(19)25/h6-11,13-14,17,22H,4-5,12,15-16H2,1-3H3,(H,27,30)/t17-,22-/m1/s1. The third-order valence-electron chi connectivity index (χ3n) is 5.22. The van der Waals surface area contributed by atoms with Gasteiger partial charge in [0.25, 0.3) is 0 Å². The van der Waals surface area contributed by atoms with Gasteiger partial charge in [0.05, 0.1) is 0 Å². The normalized spacial score (nSPS) is 12.8. The molecule has 1 N–H and O–H groups in total. The molecule has 0 aliphatic heterocycles. The van der Waals surface area contributed by atoms with Gasteiger partial charge in [-0.1, -0.05) is 55.8 Å². The number of aryl methyl sites for hydroxylation is 1. The quantitative estimate of drug-likeness (QED) is 0.565. The lowest BCUT2D eigenvalue weighted by Gasteiger charge is -2.31. The zero-order valence-electron chi connectivity index (χ0n) is 17.8. The Morgan fingerprint density at radius 3 is 2.33 bits per heavy atom. The smallest absolute Gasteiger partial charge is 0.243 e. The zero-order chi connectivity index (χ0) is 22.1. The second-order valence-electron chi connectivity index (χ2n) is 7.48. The minimum absolute atomic E-state index is 0.0254. The fourth-order valence-corrected chi connectivity index (χ4v) is 3.46. The van der Waals surface area contributed by atoms with Crippen LogP contribution in [0.25, 0.3) is 0 Å². The molecule has 0 heterocycles. The molecule has 2 rings (SSSR count). The van der Waals surface area contributed by atoms with Gasteiger partial charge >= 0.3 is 0 Å². The van der Waals surface area contributed by atoms with Crippen LogP contribution in [0.1, 0.15) is 51.2 Å². The van der Waals surface area contributed by atoms with Gasteiger partial charge in [0.1, 0.15) is 11.9 Å². The molecule has 0 radical (unpaired) electrons. The lowest BCUT2D eigenvalue weighted by Crippen LogP contribution is -2.50. The highest BCUT2D eigenvalue weighted by molar-refractivity contribution is 6.31. The number of benzene rings is 2. The fourth-order valence-electron chi connectivity index (χ4n) is 3.23. The van der Waals surface area contributed by atoms with Gasteiger partial charge in [-0.3, -0.25) is 9.59 Å². The highest BCUT2D eigenvalue weighted by Gasteiger charge is 2.29. The first-order chi connectivity index (χ1) is 14.3. The summed E-state index contributed by atoms with van der Waals surface area (Å²) in [5.74, 6) is -0.637. The first kappa shape index (κ1) is 23.9. The average molecular weight is 433 g/mol. The number of halogens is 2. The number of carbonyl (C=O) groups is 2. The van der Waals surface area contributed by atoms with Gasteiger partial charge in [0.15, 0.2) is 0 Å². The lowest BCUT2D eigenvalue weighted by molar-refractivity contribution is -0.141. The maximum Gasteiger partial charge on any atom is 0.243 e. The number of hydrogen-bond acceptors (Lipinski definition) is 2. The van der Waals surface area contributed by atoms with Crippen LogP contribution >= 0.6 is 11.6 Å². The van der Waals surface area contributed by atoms with Crippen LogP contribution in [0.5, 0.6) is 0 Å². The Morgan fingerprint density at radius 1 is 1.07 bits per heavy atom. The molecular weight excluding hydrogens is 403 g/mol. The Bertz CT molecular complexity index is 841. The first-order valence-electron chi connectivity index (χ1n) is 10.4. The van der Waals surface area contributed by atoms with Crippen molar-refractivity contribution in [2.75, 3.05) is 0 Å². The van der Waals surface area contributed by atoms with Crippen LogP contribution in [-0.2, 0) is 22.6 Å². The summed E-state index contributed by atoms with van der Waals surface area (Å²) in [5, 5.41) is 3.60. The summed E-state index contributed by atoms with van der Waals surface area (Å²) >= 11 is 6.22. The van der Waals surface area contributed by atoms with Crippen LogP contribution in [0, 0.1) is 5.82 Å². The summed E-state index contributed by atoms with van der Waals surface area (Å²) in [6, 6.07) is 12.9. The van der Waals surface area contributed by atoms with E-state index in [0.717, 1.165) is 17.5 Å². The summed E-state index contributed by atoms with van der Waals surface area (Å²) in [6.45, 7) is 6.07. The Balaban J connectivity index is 2.21. The van der Waals surface area contributed by atoms with Gasteiger partial charge in [-0.25, -0.2) is 4.39 Å². The Labute approximate surface area is 183 Å². The number of hydrogen-bond donors (Lipinski definition) is 1. The van der Waals surface area contributed by atoms with Crippen LogP contribution in [0.15, 0.2) is 48.5 Å². The molecule has 162 valence electrons. The SMILES string of the molecule is CC[C@@H](C)NC(=O)[C@@H](CC)N(Cc1ccc(F)cc1)C(=O)CCc1ccccc1Cl. The summed E-state index contributed by atoms with van der Waals surface area (Å²) in [5.41, 5.74) is 1.67. The van der Waals surface area contributed by atoms with Crippen LogP contribution < -0.4 is 5.32 Å². The molecule has 0 aliphatic rings. The average Bonchev–Trinajstić information content (AvgIpc) is 2.74. The predicted octanol–water partition coefficient (Wildman–Crippen LogP) is 5.13. The van der Waals surface area contributed by atoms with Crippen molar-refractivity contribution in [2.45, 2.75) is 65.1 Å². The van der Waals surface area contributed by atoms with E-state index in [1.54, 1.807) is 23.1 Å². The van der Waals surface area contributed by atoms with Crippen molar-refractivity contribution in [3.05, 3.63) is 70.5 Å². The third-order valence-corrected chi connectivity index (χ3v) is 5.59. The van der Waals surface area contributed by atoms with Crippen molar-refractivity contribution >= 4 is 23.4 Å². The molecule has 2 aromatic rings. The van der Waals surface area contributed by atoms with E-state index in [-0.39, 0.29) is 36.6 Å². The third kappa shape index (κ3) is 6.84. The molecular formula is C24H30ClFN2O2. The molecule has 2 atom stereocenters. The number of rotatable bonds is 10. The molecule has 0 saturated carbocycles. The molecule has 30 heavy (non-hydrogen) atoms. The highest BCUT2D eigenvalue weighted by atomic mass is 35.5. The number of nitrogens with one attached hydrogen (secondary N) is 1. The van der Waals surface area contributed by atoms with Gasteiger partial charge in [-0.05, 0) is 55.5 Å². The van der Waals surface area contributed by atoms with Crippen LogP contribution in [0.4, 0.5) is 4.39 Å². The summed E-state index contributed by atoms with van der Waals surface area (Å²) < 4.78 is 13.3. The number of amides is 2. The van der Waals surface area contributed by atoms with Gasteiger partial charge in [-0.2, -0.15) is 0 Å². The Hall–Kier alpha value is -2.40. The minimum Gasteiger partial charge on any atom is -0.352 e. The minimum atomic E-state index is -0.595. The molecule has 6 heteroatoms. The van der Waals surface area contributed by atoms with Crippen LogP contribution in [0.2, 0.25) is 5.02 Å². The van der Waals surface area contributed by atoms with Crippen LogP contribution in [-0.4, -0.2) is 28.8 Å². The van der Waals surface area contributed by atoms with Crippen molar-refractivity contribution in [3.8, 4) is 0 Å². The van der Waals surface area contributed by atoms with E-state index in [0.29, 0.717) is 17.9 Å². The zero-order valence-corrected chi connectivity index (χ0v) is 18.6. The van der Waals surface area contributed by atoms with Gasteiger partial charge in [0.2, 0.25) is 11.8 Å². The largest absolute Gasteiger partial charge is 0.352 e. The monoisotopic (exact) mass is 432 g/mol. The molecule has 0 aliphatic carbocycles. The Morgan fingerprint density at radius 2 is 1.73 bits per heavy atom. The van der Waals surface area contributed by atoms with E-state index in [4.69, 9.17) is 11.6 Å². The van der Waals surface area contributed by atoms with Crippen molar-refractivity contribution < 1.29 is 14.0 Å².